The Bertz CT molecular complexity index is 553. The minimum absolute atomic E-state index is 0.219. The fourth-order valence-electron chi connectivity index (χ4n) is 4.40. The van der Waals surface area contributed by atoms with Crippen molar-refractivity contribution in [1.82, 2.24) is 10.2 Å². The topological polar surface area (TPSA) is 35.6 Å². The monoisotopic (exact) mass is 357 g/mol. The maximum Gasteiger partial charge on any atom is 0.223 e. The molecule has 144 valence electrons. The van der Waals surface area contributed by atoms with Crippen LogP contribution in [-0.2, 0) is 11.3 Å². The lowest BCUT2D eigenvalue weighted by molar-refractivity contribution is -0.127. The van der Waals surface area contributed by atoms with Crippen molar-refractivity contribution < 1.29 is 4.79 Å². The second-order valence-electron chi connectivity index (χ2n) is 7.88. The predicted molar refractivity (Wildman–Crippen MR) is 108 cm³/mol. The van der Waals surface area contributed by atoms with Gasteiger partial charge in [0.15, 0.2) is 0 Å². The third-order valence-electron chi connectivity index (χ3n) is 6.13. The second-order valence-corrected chi connectivity index (χ2v) is 7.88. The first-order valence-corrected chi connectivity index (χ1v) is 10.6. The largest absolute Gasteiger partial charge is 0.372 e. The number of nitrogens with one attached hydrogen (secondary N) is 1. The first-order valence-electron chi connectivity index (χ1n) is 10.6. The number of nitrogens with zero attached hydrogens (tertiary/aromatic N) is 2. The summed E-state index contributed by atoms with van der Waals surface area (Å²) in [5.74, 6) is 0.525. The average molecular weight is 358 g/mol. The molecule has 1 saturated carbocycles. The van der Waals surface area contributed by atoms with Crippen molar-refractivity contribution in [3.05, 3.63) is 29.8 Å². The number of likely N-dealkylation sites (tertiary alicyclic amines) is 1. The van der Waals surface area contributed by atoms with Crippen LogP contribution in [0.5, 0.6) is 0 Å². The van der Waals surface area contributed by atoms with Gasteiger partial charge in [0.2, 0.25) is 5.91 Å². The standard InChI is InChI=1S/C22H35N3O/c1-3-25(4-2)21-11-9-18(10-12-21)17-24-15-13-19(14-16-24)22(26)23-20-7-5-6-8-20/h9-12,19-20H,3-8,13-17H2,1-2H3,(H,23,26). The average Bonchev–Trinajstić information content (AvgIpc) is 3.18. The highest BCUT2D eigenvalue weighted by atomic mass is 16.1. The molecule has 1 aromatic carbocycles. The van der Waals surface area contributed by atoms with Gasteiger partial charge in [-0.25, -0.2) is 0 Å². The molecule has 4 nitrogen and oxygen atoms in total. The van der Waals surface area contributed by atoms with Crippen LogP contribution in [0.4, 0.5) is 5.69 Å². The van der Waals surface area contributed by atoms with Gasteiger partial charge in [-0.2, -0.15) is 0 Å². The Morgan fingerprint density at radius 3 is 2.23 bits per heavy atom. The molecule has 0 aromatic heterocycles. The van der Waals surface area contributed by atoms with Crippen molar-refractivity contribution in [3.63, 3.8) is 0 Å². The Morgan fingerprint density at radius 2 is 1.65 bits per heavy atom. The summed E-state index contributed by atoms with van der Waals surface area (Å²) >= 11 is 0. The Hall–Kier alpha value is -1.55. The number of carbonyl (C=O) groups is 1. The van der Waals surface area contributed by atoms with Gasteiger partial charge in [0.05, 0.1) is 0 Å². The highest BCUT2D eigenvalue weighted by Crippen LogP contribution is 2.23. The first kappa shape index (κ1) is 19.2. The quantitative estimate of drug-likeness (QED) is 0.806. The Kier molecular flexibility index (Phi) is 6.95. The van der Waals surface area contributed by atoms with Crippen LogP contribution in [0.25, 0.3) is 0 Å². The summed E-state index contributed by atoms with van der Waals surface area (Å²) in [6.07, 6.45) is 6.89. The van der Waals surface area contributed by atoms with Crippen molar-refractivity contribution in [3.8, 4) is 0 Å². The normalized spacial score (nSPS) is 19.6. The molecule has 0 atom stereocenters. The van der Waals surface area contributed by atoms with Gasteiger partial charge in [-0.05, 0) is 70.3 Å². The van der Waals surface area contributed by atoms with E-state index in [4.69, 9.17) is 0 Å². The minimum atomic E-state index is 0.219. The molecule has 2 fully saturated rings. The zero-order chi connectivity index (χ0) is 18.4. The van der Waals surface area contributed by atoms with Gasteiger partial charge in [-0.15, -0.1) is 0 Å². The molecular formula is C22H35N3O. The fourth-order valence-corrected chi connectivity index (χ4v) is 4.40. The van der Waals surface area contributed by atoms with Crippen LogP contribution in [0.2, 0.25) is 0 Å². The summed E-state index contributed by atoms with van der Waals surface area (Å²) in [7, 11) is 0. The molecule has 1 amide bonds. The number of hydrogen-bond donors (Lipinski definition) is 1. The van der Waals surface area contributed by atoms with Crippen LogP contribution in [0.1, 0.15) is 57.9 Å². The molecule has 3 rings (SSSR count). The molecule has 0 bridgehead atoms. The SMILES string of the molecule is CCN(CC)c1ccc(CN2CCC(C(=O)NC3CCCC3)CC2)cc1. The second kappa shape index (κ2) is 9.40. The number of hydrogen-bond acceptors (Lipinski definition) is 3. The number of piperidine rings is 1. The number of rotatable bonds is 7. The Balaban J connectivity index is 1.44. The van der Waals surface area contributed by atoms with Gasteiger partial charge in [0.1, 0.15) is 0 Å². The van der Waals surface area contributed by atoms with E-state index < -0.39 is 0 Å². The molecule has 1 aliphatic heterocycles. The van der Waals surface area contributed by atoms with Crippen molar-refractivity contribution in [1.29, 1.82) is 0 Å². The van der Waals surface area contributed by atoms with E-state index in [0.29, 0.717) is 11.9 Å². The Labute approximate surface area is 158 Å². The highest BCUT2D eigenvalue weighted by Gasteiger charge is 2.27. The van der Waals surface area contributed by atoms with Crippen LogP contribution in [0.3, 0.4) is 0 Å². The van der Waals surface area contributed by atoms with Gasteiger partial charge in [-0.1, -0.05) is 25.0 Å². The first-order chi connectivity index (χ1) is 12.7. The summed E-state index contributed by atoms with van der Waals surface area (Å²) in [6.45, 7) is 9.55. The van der Waals surface area contributed by atoms with Crippen LogP contribution in [0.15, 0.2) is 24.3 Å². The van der Waals surface area contributed by atoms with E-state index >= 15 is 0 Å². The van der Waals surface area contributed by atoms with Gasteiger partial charge >= 0.3 is 0 Å². The molecule has 1 N–H and O–H groups in total. The smallest absolute Gasteiger partial charge is 0.223 e. The summed E-state index contributed by atoms with van der Waals surface area (Å²) in [6, 6.07) is 9.44. The molecule has 1 aromatic rings. The van der Waals surface area contributed by atoms with Gasteiger partial charge in [0.25, 0.3) is 0 Å². The molecule has 2 aliphatic rings. The maximum absolute atomic E-state index is 12.4. The van der Waals surface area contributed by atoms with E-state index in [0.717, 1.165) is 45.6 Å². The number of carbonyl (C=O) groups excluding carboxylic acids is 1. The van der Waals surface area contributed by atoms with E-state index in [1.165, 1.54) is 36.9 Å². The van der Waals surface area contributed by atoms with Crippen molar-refractivity contribution in [2.45, 2.75) is 65.0 Å². The third-order valence-corrected chi connectivity index (χ3v) is 6.13. The molecule has 1 heterocycles. The van der Waals surface area contributed by atoms with E-state index in [1.807, 2.05) is 0 Å². The van der Waals surface area contributed by atoms with Crippen molar-refractivity contribution in [2.75, 3.05) is 31.1 Å². The van der Waals surface area contributed by atoms with Crippen LogP contribution in [0, 0.1) is 5.92 Å². The number of anilines is 1. The molecule has 1 saturated heterocycles. The number of benzene rings is 1. The zero-order valence-corrected chi connectivity index (χ0v) is 16.5. The van der Waals surface area contributed by atoms with E-state index in [2.05, 4.69) is 53.2 Å². The molecule has 0 radical (unpaired) electrons. The molecule has 1 aliphatic carbocycles. The van der Waals surface area contributed by atoms with Crippen LogP contribution < -0.4 is 10.2 Å². The lowest BCUT2D eigenvalue weighted by Gasteiger charge is -2.32. The van der Waals surface area contributed by atoms with Crippen LogP contribution >= 0.6 is 0 Å². The van der Waals surface area contributed by atoms with Gasteiger partial charge in [0, 0.05) is 37.3 Å². The fraction of sp³-hybridized carbons (Fsp3) is 0.682. The minimum Gasteiger partial charge on any atom is -0.372 e. The lowest BCUT2D eigenvalue weighted by atomic mass is 9.95. The highest BCUT2D eigenvalue weighted by molar-refractivity contribution is 5.79. The molecule has 0 unspecified atom stereocenters. The summed E-state index contributed by atoms with van der Waals surface area (Å²) < 4.78 is 0. The van der Waals surface area contributed by atoms with Crippen molar-refractivity contribution >= 4 is 11.6 Å². The van der Waals surface area contributed by atoms with Crippen LogP contribution in [-0.4, -0.2) is 43.0 Å². The molecule has 4 heteroatoms. The molecule has 26 heavy (non-hydrogen) atoms. The van der Waals surface area contributed by atoms with E-state index in [1.54, 1.807) is 0 Å². The zero-order valence-electron chi connectivity index (χ0n) is 16.5. The van der Waals surface area contributed by atoms with Gasteiger partial charge in [-0.3, -0.25) is 9.69 Å². The summed E-state index contributed by atoms with van der Waals surface area (Å²) in [5, 5.41) is 3.28. The molecule has 0 spiro atoms. The van der Waals surface area contributed by atoms with E-state index in [-0.39, 0.29) is 5.92 Å². The van der Waals surface area contributed by atoms with Gasteiger partial charge < -0.3 is 10.2 Å². The predicted octanol–water partition coefficient (Wildman–Crippen LogP) is 3.80. The maximum atomic E-state index is 12.4. The lowest BCUT2D eigenvalue weighted by Crippen LogP contribution is -2.42. The van der Waals surface area contributed by atoms with E-state index in [9.17, 15) is 4.79 Å². The summed E-state index contributed by atoms with van der Waals surface area (Å²) in [5.41, 5.74) is 2.68. The number of amides is 1. The van der Waals surface area contributed by atoms with Crippen molar-refractivity contribution in [2.24, 2.45) is 5.92 Å². The third kappa shape index (κ3) is 5.00. The Morgan fingerprint density at radius 1 is 1.04 bits per heavy atom. The summed E-state index contributed by atoms with van der Waals surface area (Å²) in [4.78, 5) is 17.3. The molecular weight excluding hydrogens is 322 g/mol.